The number of hydrogen-bond acceptors (Lipinski definition) is 1. The highest BCUT2D eigenvalue weighted by Crippen LogP contribution is 2.60. The molecule has 0 unspecified atom stereocenters. The van der Waals surface area contributed by atoms with E-state index < -0.39 is 5.41 Å². The normalized spacial score (nSPS) is 14.7. The van der Waals surface area contributed by atoms with Crippen molar-refractivity contribution in [1.29, 1.82) is 0 Å². The van der Waals surface area contributed by atoms with Gasteiger partial charge in [-0.05, 0) is 91.4 Å². The van der Waals surface area contributed by atoms with Crippen LogP contribution < -0.4 is 5.56 Å². The molecule has 10 rings (SSSR count). The Labute approximate surface area is 285 Å². The van der Waals surface area contributed by atoms with Gasteiger partial charge < -0.3 is 0 Å². The van der Waals surface area contributed by atoms with Crippen LogP contribution in [0.15, 0.2) is 169 Å². The van der Waals surface area contributed by atoms with Crippen molar-refractivity contribution in [3.63, 3.8) is 0 Å². The zero-order valence-corrected chi connectivity index (χ0v) is 27.4. The highest BCUT2D eigenvalue weighted by molar-refractivity contribution is 6.10. The second kappa shape index (κ2) is 10.0. The van der Waals surface area contributed by atoms with Crippen molar-refractivity contribution in [2.75, 3.05) is 0 Å². The molecule has 2 heteroatoms. The van der Waals surface area contributed by atoms with Crippen LogP contribution in [0.2, 0.25) is 0 Å². The molecule has 1 aromatic heterocycles. The summed E-state index contributed by atoms with van der Waals surface area (Å²) < 4.78 is 2.02. The first-order chi connectivity index (χ1) is 24.0. The first-order valence-corrected chi connectivity index (χ1v) is 17.1. The number of benzene rings is 7. The second-order valence-electron chi connectivity index (χ2n) is 14.0. The van der Waals surface area contributed by atoms with Crippen molar-refractivity contribution in [2.24, 2.45) is 0 Å². The molecule has 1 spiro atoms. The standard InChI is InChI=1S/C47H33NO/c1-46(2)37-21-11-13-23-39(37)47(40-24-14-12-22-38(40)46)41-28-32(30-15-5-3-6-16-30)25-26-43(41)48-44-36(34-19-9-10-20-35(34)45(48)49)27-33(29-42(44)47)31-17-7-4-8-18-31/h3-29H,1-2H3. The maximum Gasteiger partial charge on any atom is 0.263 e. The van der Waals surface area contributed by atoms with E-state index in [0.717, 1.165) is 60.7 Å². The van der Waals surface area contributed by atoms with E-state index in [1.54, 1.807) is 0 Å². The Morgan fingerprint density at radius 1 is 0.408 bits per heavy atom. The molecule has 8 aromatic rings. The van der Waals surface area contributed by atoms with Gasteiger partial charge >= 0.3 is 0 Å². The Hall–Kier alpha value is -5.99. The third-order valence-corrected chi connectivity index (χ3v) is 11.3. The summed E-state index contributed by atoms with van der Waals surface area (Å²) in [5, 5.41) is 2.80. The number of hydrogen-bond donors (Lipinski definition) is 0. The Morgan fingerprint density at radius 3 is 1.55 bits per heavy atom. The molecule has 7 aromatic carbocycles. The third kappa shape index (κ3) is 3.64. The average molecular weight is 628 g/mol. The van der Waals surface area contributed by atoms with E-state index >= 15 is 0 Å². The molecule has 0 radical (unpaired) electrons. The average Bonchev–Trinajstić information content (AvgIpc) is 3.16. The summed E-state index contributed by atoms with van der Waals surface area (Å²) in [6.07, 6.45) is 0. The van der Waals surface area contributed by atoms with E-state index in [1.165, 1.54) is 22.3 Å². The van der Waals surface area contributed by atoms with Gasteiger partial charge in [-0.1, -0.05) is 147 Å². The van der Waals surface area contributed by atoms with Crippen molar-refractivity contribution < 1.29 is 0 Å². The number of rotatable bonds is 2. The van der Waals surface area contributed by atoms with Crippen LogP contribution in [0.5, 0.6) is 0 Å². The zero-order valence-electron chi connectivity index (χ0n) is 27.4. The number of fused-ring (bicyclic) bond motifs is 10. The maximum absolute atomic E-state index is 14.9. The molecule has 49 heavy (non-hydrogen) atoms. The van der Waals surface area contributed by atoms with E-state index in [4.69, 9.17) is 0 Å². The predicted octanol–water partition coefficient (Wildman–Crippen LogP) is 10.8. The minimum Gasteiger partial charge on any atom is -0.276 e. The molecule has 2 heterocycles. The van der Waals surface area contributed by atoms with Crippen molar-refractivity contribution >= 4 is 21.7 Å². The van der Waals surface area contributed by atoms with Crippen LogP contribution in [-0.2, 0) is 10.8 Å². The highest BCUT2D eigenvalue weighted by Gasteiger charge is 2.52. The fraction of sp³-hybridized carbons (Fsp3) is 0.0851. The van der Waals surface area contributed by atoms with E-state index in [9.17, 15) is 4.79 Å². The van der Waals surface area contributed by atoms with E-state index in [1.807, 2.05) is 16.7 Å². The SMILES string of the molecule is CC1(C)c2ccccc2C2(c3cc(-c4ccccc4)ccc3-n3c(=O)c4ccccc4c4cc(-c5ccccc5)cc2c43)c2ccccc21. The fourth-order valence-corrected chi connectivity index (χ4v) is 9.09. The van der Waals surface area contributed by atoms with Gasteiger partial charge in [0.25, 0.3) is 5.56 Å². The molecular formula is C47H33NO. The lowest BCUT2D eigenvalue weighted by Crippen LogP contribution is -2.45. The van der Waals surface area contributed by atoms with Gasteiger partial charge in [0.05, 0.1) is 16.6 Å². The Kier molecular flexibility index (Phi) is 5.73. The molecule has 2 nitrogen and oxygen atoms in total. The Morgan fingerprint density at radius 2 is 0.918 bits per heavy atom. The van der Waals surface area contributed by atoms with E-state index in [-0.39, 0.29) is 11.0 Å². The van der Waals surface area contributed by atoms with Gasteiger partial charge in [0.2, 0.25) is 0 Å². The molecule has 1 aliphatic heterocycles. The van der Waals surface area contributed by atoms with Crippen molar-refractivity contribution in [3.8, 4) is 27.9 Å². The summed E-state index contributed by atoms with van der Waals surface area (Å²) in [4.78, 5) is 14.9. The van der Waals surface area contributed by atoms with Crippen LogP contribution in [0.25, 0.3) is 49.6 Å². The molecule has 0 saturated carbocycles. The van der Waals surface area contributed by atoms with Crippen LogP contribution in [-0.4, -0.2) is 4.57 Å². The Balaban J connectivity index is 1.50. The molecule has 0 amide bonds. The second-order valence-corrected chi connectivity index (χ2v) is 14.0. The number of pyridine rings is 1. The van der Waals surface area contributed by atoms with Crippen molar-refractivity contribution in [3.05, 3.63) is 208 Å². The van der Waals surface area contributed by atoms with Crippen LogP contribution >= 0.6 is 0 Å². The molecular weight excluding hydrogens is 595 g/mol. The first kappa shape index (κ1) is 28.1. The van der Waals surface area contributed by atoms with E-state index in [2.05, 4.69) is 166 Å². The van der Waals surface area contributed by atoms with Crippen LogP contribution in [0.3, 0.4) is 0 Å². The monoisotopic (exact) mass is 627 g/mol. The van der Waals surface area contributed by atoms with E-state index in [0.29, 0.717) is 0 Å². The quantitative estimate of drug-likeness (QED) is 0.175. The topological polar surface area (TPSA) is 22.0 Å². The van der Waals surface area contributed by atoms with Gasteiger partial charge in [0.1, 0.15) is 0 Å². The lowest BCUT2D eigenvalue weighted by atomic mass is 9.53. The van der Waals surface area contributed by atoms with Gasteiger partial charge in [0, 0.05) is 16.2 Å². The molecule has 2 aliphatic rings. The van der Waals surface area contributed by atoms with Crippen LogP contribution in [0, 0.1) is 0 Å². The summed E-state index contributed by atoms with van der Waals surface area (Å²) in [6.45, 7) is 4.70. The van der Waals surface area contributed by atoms with Gasteiger partial charge in [-0.2, -0.15) is 0 Å². The highest BCUT2D eigenvalue weighted by atomic mass is 16.1. The van der Waals surface area contributed by atoms with Gasteiger partial charge in [0.15, 0.2) is 0 Å². The first-order valence-electron chi connectivity index (χ1n) is 17.1. The minimum absolute atomic E-state index is 0.0121. The summed E-state index contributed by atoms with van der Waals surface area (Å²) in [5.41, 5.74) is 13.0. The molecule has 0 bridgehead atoms. The van der Waals surface area contributed by atoms with Gasteiger partial charge in [-0.15, -0.1) is 0 Å². The molecule has 1 aliphatic carbocycles. The maximum atomic E-state index is 14.9. The predicted molar refractivity (Wildman–Crippen MR) is 202 cm³/mol. The lowest BCUT2D eigenvalue weighted by Gasteiger charge is -2.50. The molecule has 0 atom stereocenters. The Bertz CT molecular complexity index is 2650. The van der Waals surface area contributed by atoms with Gasteiger partial charge in [-0.3, -0.25) is 9.36 Å². The smallest absolute Gasteiger partial charge is 0.263 e. The summed E-state index contributed by atoms with van der Waals surface area (Å²) in [6, 6.07) is 58.8. The van der Waals surface area contributed by atoms with Crippen LogP contribution in [0.1, 0.15) is 47.2 Å². The van der Waals surface area contributed by atoms with Crippen LogP contribution in [0.4, 0.5) is 0 Å². The molecule has 0 fully saturated rings. The molecule has 0 N–H and O–H groups in total. The number of aromatic nitrogens is 1. The third-order valence-electron chi connectivity index (χ3n) is 11.3. The summed E-state index contributed by atoms with van der Waals surface area (Å²) >= 11 is 0. The molecule has 0 saturated heterocycles. The summed E-state index contributed by atoms with van der Waals surface area (Å²) in [5.74, 6) is 0. The van der Waals surface area contributed by atoms with Crippen molar-refractivity contribution in [1.82, 2.24) is 4.57 Å². The molecule has 232 valence electrons. The lowest BCUT2D eigenvalue weighted by molar-refractivity contribution is 0.555. The minimum atomic E-state index is -0.694. The number of nitrogens with zero attached hydrogens (tertiary/aromatic N) is 1. The summed E-state index contributed by atoms with van der Waals surface area (Å²) in [7, 11) is 0. The largest absolute Gasteiger partial charge is 0.276 e. The van der Waals surface area contributed by atoms with Gasteiger partial charge in [-0.25, -0.2) is 0 Å². The fourth-order valence-electron chi connectivity index (χ4n) is 9.09. The zero-order chi connectivity index (χ0) is 32.9. The van der Waals surface area contributed by atoms with Crippen molar-refractivity contribution in [2.45, 2.75) is 24.7 Å².